The smallest absolute Gasteiger partial charge is 0.269 e. The second-order valence-electron chi connectivity index (χ2n) is 7.70. The second kappa shape index (κ2) is 6.67. The number of fused-ring (bicyclic) bond motifs is 1. The molecule has 2 aliphatic rings. The maximum Gasteiger partial charge on any atom is 0.269 e. The van der Waals surface area contributed by atoms with Crippen molar-refractivity contribution in [3.8, 4) is 11.3 Å². The Morgan fingerprint density at radius 1 is 1.38 bits per heavy atom. The molecule has 1 aliphatic heterocycles. The van der Waals surface area contributed by atoms with Crippen molar-refractivity contribution >= 4 is 17.3 Å². The quantitative estimate of drug-likeness (QED) is 0.594. The normalized spacial score (nSPS) is 22.7. The van der Waals surface area contributed by atoms with Crippen LogP contribution in [0.15, 0.2) is 39.9 Å². The first kappa shape index (κ1) is 18.3. The largest absolute Gasteiger partial charge is 0.376 e. The third-order valence-corrected chi connectivity index (χ3v) is 6.22. The van der Waals surface area contributed by atoms with Gasteiger partial charge in [-0.15, -0.1) is 0 Å². The van der Waals surface area contributed by atoms with E-state index in [0.717, 1.165) is 36.3 Å². The number of aromatic nitrogens is 4. The standard InChI is InChI=1S/C20H20ClN5O3/c1-12-16(19(24-29-12)13-3-4-17(21)22-7-13)10-26-18(27)5-15(8-23-26)25-9-14-6-20(14,11-25)28-2/h3-5,7-8,14H,6,9-11H2,1-2H3. The summed E-state index contributed by atoms with van der Waals surface area (Å²) >= 11 is 5.87. The summed E-state index contributed by atoms with van der Waals surface area (Å²) in [6, 6.07) is 5.14. The molecule has 0 radical (unpaired) electrons. The van der Waals surface area contributed by atoms with Gasteiger partial charge in [-0.25, -0.2) is 9.67 Å². The molecule has 0 N–H and O–H groups in total. The molecule has 1 saturated carbocycles. The zero-order valence-corrected chi connectivity index (χ0v) is 16.9. The van der Waals surface area contributed by atoms with E-state index in [4.69, 9.17) is 20.9 Å². The number of ether oxygens (including phenoxy) is 1. The summed E-state index contributed by atoms with van der Waals surface area (Å²) in [7, 11) is 1.76. The first-order chi connectivity index (χ1) is 14.0. The number of methoxy groups -OCH3 is 1. The number of halogens is 1. The van der Waals surface area contributed by atoms with Gasteiger partial charge in [0, 0.05) is 49.5 Å². The van der Waals surface area contributed by atoms with Gasteiger partial charge in [0.15, 0.2) is 0 Å². The molecule has 0 amide bonds. The van der Waals surface area contributed by atoms with Crippen LogP contribution in [-0.2, 0) is 11.3 Å². The van der Waals surface area contributed by atoms with Crippen molar-refractivity contribution in [3.63, 3.8) is 0 Å². The Balaban J connectivity index is 1.40. The van der Waals surface area contributed by atoms with E-state index in [1.165, 1.54) is 4.68 Å². The highest BCUT2D eigenvalue weighted by Gasteiger charge is 2.60. The van der Waals surface area contributed by atoms with E-state index in [1.54, 1.807) is 31.6 Å². The van der Waals surface area contributed by atoms with Crippen molar-refractivity contribution in [3.05, 3.63) is 57.4 Å². The minimum absolute atomic E-state index is 0.0318. The Morgan fingerprint density at radius 3 is 2.93 bits per heavy atom. The molecule has 150 valence electrons. The molecule has 0 bridgehead atoms. The van der Waals surface area contributed by atoms with E-state index in [9.17, 15) is 4.79 Å². The molecular weight excluding hydrogens is 394 g/mol. The lowest BCUT2D eigenvalue weighted by molar-refractivity contribution is 0.0867. The summed E-state index contributed by atoms with van der Waals surface area (Å²) in [6.07, 6.45) is 4.47. The van der Waals surface area contributed by atoms with Crippen LogP contribution in [0.4, 0.5) is 5.69 Å². The second-order valence-corrected chi connectivity index (χ2v) is 8.08. The summed E-state index contributed by atoms with van der Waals surface area (Å²) in [5.74, 6) is 1.18. The highest BCUT2D eigenvalue weighted by atomic mass is 35.5. The van der Waals surface area contributed by atoms with Crippen LogP contribution in [0.1, 0.15) is 17.7 Å². The Morgan fingerprint density at radius 2 is 2.24 bits per heavy atom. The molecule has 29 heavy (non-hydrogen) atoms. The molecule has 2 atom stereocenters. The molecule has 3 aromatic rings. The van der Waals surface area contributed by atoms with E-state index in [-0.39, 0.29) is 17.7 Å². The van der Waals surface area contributed by atoms with Gasteiger partial charge >= 0.3 is 0 Å². The maximum atomic E-state index is 12.7. The molecule has 9 heteroatoms. The van der Waals surface area contributed by atoms with Gasteiger partial charge < -0.3 is 14.2 Å². The topological polar surface area (TPSA) is 86.3 Å². The van der Waals surface area contributed by atoms with E-state index in [0.29, 0.717) is 22.5 Å². The molecular formula is C20H20ClN5O3. The summed E-state index contributed by atoms with van der Waals surface area (Å²) < 4.78 is 12.4. The zero-order valence-electron chi connectivity index (χ0n) is 16.1. The van der Waals surface area contributed by atoms with Gasteiger partial charge in [-0.1, -0.05) is 16.8 Å². The first-order valence-corrected chi connectivity index (χ1v) is 9.81. The molecule has 1 saturated heterocycles. The van der Waals surface area contributed by atoms with Gasteiger partial charge in [0.25, 0.3) is 5.56 Å². The number of anilines is 1. The number of pyridine rings is 1. The molecule has 4 heterocycles. The van der Waals surface area contributed by atoms with Crippen LogP contribution in [0.25, 0.3) is 11.3 Å². The average molecular weight is 414 g/mol. The Labute approximate surface area is 172 Å². The van der Waals surface area contributed by atoms with Crippen LogP contribution in [-0.4, -0.2) is 45.7 Å². The fourth-order valence-corrected chi connectivity index (χ4v) is 4.24. The van der Waals surface area contributed by atoms with Crippen LogP contribution >= 0.6 is 11.6 Å². The van der Waals surface area contributed by atoms with Gasteiger partial charge in [-0.05, 0) is 25.5 Å². The van der Waals surface area contributed by atoms with Crippen LogP contribution in [0.5, 0.6) is 0 Å². The van der Waals surface area contributed by atoms with Crippen molar-refractivity contribution < 1.29 is 9.26 Å². The number of piperidine rings is 1. The monoisotopic (exact) mass is 413 g/mol. The molecule has 3 aromatic heterocycles. The minimum Gasteiger partial charge on any atom is -0.376 e. The summed E-state index contributed by atoms with van der Waals surface area (Å²) in [4.78, 5) is 19.0. The fourth-order valence-electron chi connectivity index (χ4n) is 4.13. The van der Waals surface area contributed by atoms with Crippen molar-refractivity contribution in [1.82, 2.24) is 19.9 Å². The molecule has 0 spiro atoms. The molecule has 2 fully saturated rings. The number of rotatable bonds is 5. The van der Waals surface area contributed by atoms with Gasteiger partial charge in [0.1, 0.15) is 16.6 Å². The molecule has 8 nitrogen and oxygen atoms in total. The maximum absolute atomic E-state index is 12.7. The first-order valence-electron chi connectivity index (χ1n) is 9.43. The number of nitrogens with zero attached hydrogens (tertiary/aromatic N) is 5. The van der Waals surface area contributed by atoms with Crippen molar-refractivity contribution in [2.75, 3.05) is 25.1 Å². The highest BCUT2D eigenvalue weighted by Crippen LogP contribution is 2.52. The fraction of sp³-hybridized carbons (Fsp3) is 0.400. The molecule has 5 rings (SSSR count). The van der Waals surface area contributed by atoms with E-state index >= 15 is 0 Å². The Hall–Kier alpha value is -2.71. The predicted octanol–water partition coefficient (Wildman–Crippen LogP) is 2.53. The third kappa shape index (κ3) is 3.12. The molecule has 1 aliphatic carbocycles. The molecule has 0 aromatic carbocycles. The summed E-state index contributed by atoms with van der Waals surface area (Å²) in [5, 5.41) is 8.92. The third-order valence-electron chi connectivity index (χ3n) is 6.00. The molecule has 2 unspecified atom stereocenters. The number of hydrogen-bond donors (Lipinski definition) is 0. The lowest BCUT2D eigenvalue weighted by atomic mass is 10.1. The SMILES string of the molecule is COC12CC1CN(c1cnn(Cc3c(-c4ccc(Cl)nc4)noc3C)c(=O)c1)C2. The van der Waals surface area contributed by atoms with Gasteiger partial charge in [-0.2, -0.15) is 5.10 Å². The average Bonchev–Trinajstić information content (AvgIpc) is 3.08. The van der Waals surface area contributed by atoms with E-state index in [1.807, 2.05) is 13.0 Å². The lowest BCUT2D eigenvalue weighted by Crippen LogP contribution is -2.31. The van der Waals surface area contributed by atoms with Gasteiger partial charge in [0.2, 0.25) is 0 Å². The number of hydrogen-bond acceptors (Lipinski definition) is 7. The summed E-state index contributed by atoms with van der Waals surface area (Å²) in [5.41, 5.74) is 2.82. The summed E-state index contributed by atoms with van der Waals surface area (Å²) in [6.45, 7) is 3.78. The predicted molar refractivity (Wildman–Crippen MR) is 107 cm³/mol. The van der Waals surface area contributed by atoms with Gasteiger partial charge in [-0.3, -0.25) is 4.79 Å². The van der Waals surface area contributed by atoms with Crippen LogP contribution in [0.2, 0.25) is 5.15 Å². The Bertz CT molecular complexity index is 1120. The van der Waals surface area contributed by atoms with Crippen LogP contribution < -0.4 is 10.5 Å². The van der Waals surface area contributed by atoms with Crippen LogP contribution in [0.3, 0.4) is 0 Å². The highest BCUT2D eigenvalue weighted by molar-refractivity contribution is 6.29. The number of aryl methyl sites for hydroxylation is 1. The zero-order chi connectivity index (χ0) is 20.2. The minimum atomic E-state index is -0.171. The van der Waals surface area contributed by atoms with E-state index < -0.39 is 0 Å². The lowest BCUT2D eigenvalue weighted by Gasteiger charge is -2.22. The van der Waals surface area contributed by atoms with Gasteiger partial charge in [0.05, 0.1) is 24.0 Å². The van der Waals surface area contributed by atoms with Crippen molar-refractivity contribution in [2.45, 2.75) is 25.5 Å². The van der Waals surface area contributed by atoms with Crippen molar-refractivity contribution in [1.29, 1.82) is 0 Å². The van der Waals surface area contributed by atoms with Crippen molar-refractivity contribution in [2.24, 2.45) is 5.92 Å². The van der Waals surface area contributed by atoms with Crippen LogP contribution in [0, 0.1) is 12.8 Å². The Kier molecular flexibility index (Phi) is 4.22. The van der Waals surface area contributed by atoms with E-state index in [2.05, 4.69) is 20.1 Å².